The van der Waals surface area contributed by atoms with Crippen molar-refractivity contribution in [3.63, 3.8) is 0 Å². The van der Waals surface area contributed by atoms with Crippen LogP contribution in [0.4, 0.5) is 0 Å². The van der Waals surface area contributed by atoms with Crippen molar-refractivity contribution < 1.29 is 18.6 Å². The SMILES string of the molecule is CC(C)[Si](OC1=C[C@H](c2cn(C)c(=O)n(C)c2=O)O[C@@H]2CO[C@@H](c3ccccc3)O[C@@H]12)(C(C)C)C(C)C. The molecular formula is C28H40N2O6Si. The molecule has 0 saturated carbocycles. The van der Waals surface area contributed by atoms with E-state index >= 15 is 0 Å². The van der Waals surface area contributed by atoms with Crippen LogP contribution in [0.25, 0.3) is 0 Å². The summed E-state index contributed by atoms with van der Waals surface area (Å²) < 4.78 is 28.6. The lowest BCUT2D eigenvalue weighted by Gasteiger charge is -2.48. The van der Waals surface area contributed by atoms with Crippen molar-refractivity contribution in [1.29, 1.82) is 0 Å². The smallest absolute Gasteiger partial charge is 0.330 e. The number of hydrogen-bond acceptors (Lipinski definition) is 6. The van der Waals surface area contributed by atoms with Crippen LogP contribution in [-0.2, 0) is 32.7 Å². The Hall–Kier alpha value is -2.46. The second-order valence-electron chi connectivity index (χ2n) is 11.1. The van der Waals surface area contributed by atoms with E-state index in [2.05, 4.69) is 41.5 Å². The van der Waals surface area contributed by atoms with Gasteiger partial charge in [-0.3, -0.25) is 9.36 Å². The van der Waals surface area contributed by atoms with Crippen LogP contribution < -0.4 is 11.2 Å². The normalized spacial score (nSPS) is 24.4. The maximum absolute atomic E-state index is 13.1. The van der Waals surface area contributed by atoms with Gasteiger partial charge in [0.2, 0.25) is 0 Å². The van der Waals surface area contributed by atoms with Crippen molar-refractivity contribution in [2.45, 2.75) is 82.8 Å². The maximum Gasteiger partial charge on any atom is 0.330 e. The van der Waals surface area contributed by atoms with Gasteiger partial charge in [-0.05, 0) is 22.7 Å². The van der Waals surface area contributed by atoms with E-state index in [4.69, 9.17) is 18.6 Å². The van der Waals surface area contributed by atoms with Gasteiger partial charge in [0.1, 0.15) is 24.1 Å². The molecule has 0 spiro atoms. The fourth-order valence-corrected chi connectivity index (χ4v) is 11.3. The summed E-state index contributed by atoms with van der Waals surface area (Å²) >= 11 is 0. The summed E-state index contributed by atoms with van der Waals surface area (Å²) in [7, 11) is 0.756. The van der Waals surface area contributed by atoms with Crippen LogP contribution in [0.1, 0.15) is 65.1 Å². The van der Waals surface area contributed by atoms with Gasteiger partial charge in [-0.1, -0.05) is 71.9 Å². The minimum atomic E-state index is -2.35. The van der Waals surface area contributed by atoms with Crippen molar-refractivity contribution in [2.75, 3.05) is 6.61 Å². The Morgan fingerprint density at radius 2 is 1.57 bits per heavy atom. The van der Waals surface area contributed by atoms with Crippen LogP contribution in [0.5, 0.6) is 0 Å². The predicted octanol–water partition coefficient (Wildman–Crippen LogP) is 4.71. The minimum absolute atomic E-state index is 0.285. The van der Waals surface area contributed by atoms with Gasteiger partial charge in [-0.2, -0.15) is 0 Å². The molecule has 4 atom stereocenters. The quantitative estimate of drug-likeness (QED) is 0.484. The molecule has 0 amide bonds. The van der Waals surface area contributed by atoms with E-state index in [1.165, 1.54) is 11.6 Å². The third-order valence-corrected chi connectivity index (χ3v) is 13.8. The van der Waals surface area contributed by atoms with Crippen molar-refractivity contribution in [3.8, 4) is 0 Å². The van der Waals surface area contributed by atoms with Crippen LogP contribution in [0.2, 0.25) is 16.6 Å². The molecular weight excluding hydrogens is 488 g/mol. The van der Waals surface area contributed by atoms with Crippen LogP contribution in [0, 0.1) is 0 Å². The van der Waals surface area contributed by atoms with Gasteiger partial charge in [0, 0.05) is 25.9 Å². The number of nitrogens with zero attached hydrogens (tertiary/aromatic N) is 2. The van der Waals surface area contributed by atoms with Gasteiger partial charge in [-0.25, -0.2) is 4.79 Å². The molecule has 9 heteroatoms. The highest BCUT2D eigenvalue weighted by Crippen LogP contribution is 2.47. The molecule has 1 saturated heterocycles. The molecule has 8 nitrogen and oxygen atoms in total. The monoisotopic (exact) mass is 528 g/mol. The van der Waals surface area contributed by atoms with E-state index in [0.717, 1.165) is 10.1 Å². The molecule has 0 N–H and O–H groups in total. The third kappa shape index (κ3) is 5.02. The first-order chi connectivity index (χ1) is 17.5. The predicted molar refractivity (Wildman–Crippen MR) is 145 cm³/mol. The molecule has 1 aromatic carbocycles. The lowest BCUT2D eigenvalue weighted by Crippen LogP contribution is -2.53. The van der Waals surface area contributed by atoms with Gasteiger partial charge < -0.3 is 23.2 Å². The van der Waals surface area contributed by atoms with Gasteiger partial charge in [0.05, 0.1) is 12.2 Å². The Bertz CT molecular complexity index is 1230. The second kappa shape index (κ2) is 10.7. The summed E-state index contributed by atoms with van der Waals surface area (Å²) in [5, 5.41) is 0. The fourth-order valence-electron chi connectivity index (χ4n) is 5.99. The number of aryl methyl sites for hydroxylation is 1. The Morgan fingerprint density at radius 3 is 2.16 bits per heavy atom. The molecule has 0 bridgehead atoms. The Balaban J connectivity index is 1.81. The van der Waals surface area contributed by atoms with Crippen LogP contribution >= 0.6 is 0 Å². The van der Waals surface area contributed by atoms with E-state index in [1.807, 2.05) is 36.4 Å². The number of ether oxygens (including phenoxy) is 3. The van der Waals surface area contributed by atoms with E-state index in [9.17, 15) is 9.59 Å². The number of rotatable bonds is 7. The molecule has 2 aliphatic heterocycles. The van der Waals surface area contributed by atoms with Gasteiger partial charge in [0.25, 0.3) is 13.9 Å². The fraction of sp³-hybridized carbons (Fsp3) is 0.571. The molecule has 2 aliphatic rings. The van der Waals surface area contributed by atoms with E-state index in [-0.39, 0.29) is 17.9 Å². The first kappa shape index (κ1) is 27.6. The second-order valence-corrected chi connectivity index (χ2v) is 16.4. The molecule has 1 fully saturated rings. The third-order valence-electron chi connectivity index (χ3n) is 7.79. The molecule has 0 unspecified atom stereocenters. The van der Waals surface area contributed by atoms with E-state index in [0.29, 0.717) is 27.9 Å². The van der Waals surface area contributed by atoms with E-state index in [1.54, 1.807) is 13.2 Å². The zero-order chi connectivity index (χ0) is 27.1. The zero-order valence-corrected chi connectivity index (χ0v) is 24.1. The molecule has 2 aromatic rings. The van der Waals surface area contributed by atoms with E-state index < -0.39 is 32.9 Å². The van der Waals surface area contributed by atoms with Gasteiger partial charge in [-0.15, -0.1) is 0 Å². The highest BCUT2D eigenvalue weighted by atomic mass is 28.4. The summed E-state index contributed by atoms with van der Waals surface area (Å²) in [4.78, 5) is 25.4. The standard InChI is InChI=1S/C28H40N2O6Si/c1-17(2)37(18(3)4,19(5)6)36-23-14-22(21-15-29(7)28(32)30(8)26(21)31)34-24-16-33-27(35-25(23)24)20-12-10-9-11-13-20/h9-15,17-19,22,24-25,27H,16H2,1-8H3/t22-,24-,25+,27-/m1/s1. The highest BCUT2D eigenvalue weighted by Gasteiger charge is 2.51. The van der Waals surface area contributed by atoms with Gasteiger partial charge >= 0.3 is 5.69 Å². The molecule has 3 heterocycles. The van der Waals surface area contributed by atoms with Crippen molar-refractivity contribution in [2.24, 2.45) is 14.1 Å². The molecule has 1 aromatic heterocycles. The number of aromatic nitrogens is 2. The maximum atomic E-state index is 13.1. The minimum Gasteiger partial charge on any atom is -0.544 e. The summed E-state index contributed by atoms with van der Waals surface area (Å²) in [5.41, 5.74) is 1.58. The van der Waals surface area contributed by atoms with Gasteiger partial charge in [0.15, 0.2) is 6.29 Å². The molecule has 202 valence electrons. The lowest BCUT2D eigenvalue weighted by atomic mass is 10.0. The van der Waals surface area contributed by atoms with Crippen LogP contribution in [0.15, 0.2) is 58.0 Å². The Labute approximate surface area is 219 Å². The summed E-state index contributed by atoms with van der Waals surface area (Å²) in [6.45, 7) is 13.7. The zero-order valence-electron chi connectivity index (χ0n) is 23.1. The highest BCUT2D eigenvalue weighted by molar-refractivity contribution is 6.77. The lowest BCUT2D eigenvalue weighted by molar-refractivity contribution is -0.272. The number of hydrogen-bond donors (Lipinski definition) is 0. The number of benzene rings is 1. The average molecular weight is 529 g/mol. The van der Waals surface area contributed by atoms with Crippen molar-refractivity contribution in [1.82, 2.24) is 9.13 Å². The topological polar surface area (TPSA) is 80.9 Å². The Morgan fingerprint density at radius 1 is 0.946 bits per heavy atom. The van der Waals surface area contributed by atoms with Crippen molar-refractivity contribution in [3.05, 3.63) is 80.3 Å². The first-order valence-electron chi connectivity index (χ1n) is 13.1. The summed E-state index contributed by atoms with van der Waals surface area (Å²) in [6, 6.07) is 9.83. The molecule has 37 heavy (non-hydrogen) atoms. The Kier molecular flexibility index (Phi) is 7.99. The molecule has 0 radical (unpaired) electrons. The number of fused-ring (bicyclic) bond motifs is 1. The van der Waals surface area contributed by atoms with Crippen LogP contribution in [-0.4, -0.2) is 36.3 Å². The summed E-state index contributed by atoms with van der Waals surface area (Å²) in [6.07, 6.45) is 1.25. The van der Waals surface area contributed by atoms with Crippen molar-refractivity contribution >= 4 is 8.32 Å². The van der Waals surface area contributed by atoms with Crippen LogP contribution in [0.3, 0.4) is 0 Å². The molecule has 4 rings (SSSR count). The summed E-state index contributed by atoms with van der Waals surface area (Å²) in [5.74, 6) is 0.698. The largest absolute Gasteiger partial charge is 0.544 e. The first-order valence-corrected chi connectivity index (χ1v) is 15.3. The molecule has 0 aliphatic carbocycles. The average Bonchev–Trinajstić information content (AvgIpc) is 2.87.